The van der Waals surface area contributed by atoms with Gasteiger partial charge in [-0.3, -0.25) is 10.1 Å². The van der Waals surface area contributed by atoms with E-state index in [1.165, 1.54) is 16.5 Å². The molecule has 5 heteroatoms. The predicted molar refractivity (Wildman–Crippen MR) is 78.9 cm³/mol. The van der Waals surface area contributed by atoms with E-state index in [1.807, 2.05) is 6.92 Å². The van der Waals surface area contributed by atoms with Crippen LogP contribution in [0.15, 0.2) is 29.6 Å². The molecule has 0 aliphatic carbocycles. The molecule has 1 unspecified atom stereocenters. The lowest BCUT2D eigenvalue weighted by atomic mass is 10.1. The number of thiophene rings is 1. The van der Waals surface area contributed by atoms with Gasteiger partial charge >= 0.3 is 0 Å². The van der Waals surface area contributed by atoms with Gasteiger partial charge in [0, 0.05) is 22.7 Å². The third kappa shape index (κ3) is 2.93. The molecule has 1 heterocycles. The maximum atomic E-state index is 10.7. The highest BCUT2D eigenvalue weighted by Crippen LogP contribution is 2.29. The van der Waals surface area contributed by atoms with E-state index in [0.717, 1.165) is 11.3 Å². The first-order chi connectivity index (χ1) is 8.99. The molecule has 1 aromatic heterocycles. The number of non-ortho nitro benzene ring substituents is 1. The van der Waals surface area contributed by atoms with E-state index in [-0.39, 0.29) is 16.7 Å². The Hall–Kier alpha value is -1.88. The van der Waals surface area contributed by atoms with Crippen molar-refractivity contribution in [2.75, 3.05) is 5.32 Å². The summed E-state index contributed by atoms with van der Waals surface area (Å²) in [5, 5.41) is 16.2. The summed E-state index contributed by atoms with van der Waals surface area (Å²) in [6.07, 6.45) is 0. The minimum atomic E-state index is -0.371. The average molecular weight is 276 g/mol. The Kier molecular flexibility index (Phi) is 3.85. The molecule has 0 aliphatic heterocycles. The largest absolute Gasteiger partial charge is 0.377 e. The summed E-state index contributed by atoms with van der Waals surface area (Å²) in [4.78, 5) is 11.6. The summed E-state index contributed by atoms with van der Waals surface area (Å²) in [7, 11) is 0. The molecule has 1 N–H and O–H groups in total. The number of aryl methyl sites for hydroxylation is 2. The van der Waals surface area contributed by atoms with Crippen molar-refractivity contribution in [3.05, 3.63) is 55.8 Å². The van der Waals surface area contributed by atoms with Crippen LogP contribution < -0.4 is 5.32 Å². The number of hydrogen-bond acceptors (Lipinski definition) is 4. The van der Waals surface area contributed by atoms with Crippen LogP contribution in [0.1, 0.15) is 29.0 Å². The van der Waals surface area contributed by atoms with Gasteiger partial charge in [-0.25, -0.2) is 0 Å². The molecule has 4 nitrogen and oxygen atoms in total. The summed E-state index contributed by atoms with van der Waals surface area (Å²) in [6, 6.07) is 7.19. The smallest absolute Gasteiger partial charge is 0.269 e. The van der Waals surface area contributed by atoms with Gasteiger partial charge in [0.05, 0.1) is 11.0 Å². The molecule has 2 aromatic rings. The van der Waals surface area contributed by atoms with Crippen molar-refractivity contribution in [2.24, 2.45) is 0 Å². The molecule has 0 amide bonds. The first-order valence-corrected chi connectivity index (χ1v) is 6.92. The lowest BCUT2D eigenvalue weighted by molar-refractivity contribution is -0.384. The summed E-state index contributed by atoms with van der Waals surface area (Å²) in [5.41, 5.74) is 3.22. The molecule has 1 aromatic carbocycles. The molecule has 0 radical (unpaired) electrons. The molecular weight excluding hydrogens is 260 g/mol. The van der Waals surface area contributed by atoms with Crippen molar-refractivity contribution < 1.29 is 4.92 Å². The first-order valence-electron chi connectivity index (χ1n) is 6.04. The van der Waals surface area contributed by atoms with E-state index in [1.54, 1.807) is 23.5 Å². The lowest BCUT2D eigenvalue weighted by Crippen LogP contribution is -2.07. The predicted octanol–water partition coefficient (Wildman–Crippen LogP) is 4.45. The van der Waals surface area contributed by atoms with E-state index in [4.69, 9.17) is 0 Å². The van der Waals surface area contributed by atoms with E-state index in [0.29, 0.717) is 0 Å². The van der Waals surface area contributed by atoms with Crippen LogP contribution in [0.3, 0.4) is 0 Å². The topological polar surface area (TPSA) is 55.2 Å². The fourth-order valence-electron chi connectivity index (χ4n) is 2.05. The van der Waals surface area contributed by atoms with Gasteiger partial charge in [0.25, 0.3) is 5.69 Å². The SMILES string of the molecule is Cc1cc([N+](=O)[O-])ccc1NC(C)c1sccc1C. The van der Waals surface area contributed by atoms with Crippen molar-refractivity contribution >= 4 is 22.7 Å². The molecule has 19 heavy (non-hydrogen) atoms. The van der Waals surface area contributed by atoms with E-state index >= 15 is 0 Å². The number of nitrogens with one attached hydrogen (secondary N) is 1. The van der Waals surface area contributed by atoms with E-state index in [2.05, 4.69) is 30.6 Å². The van der Waals surface area contributed by atoms with Crippen molar-refractivity contribution in [1.82, 2.24) is 0 Å². The second-order valence-electron chi connectivity index (χ2n) is 4.59. The molecule has 100 valence electrons. The van der Waals surface area contributed by atoms with Crippen LogP contribution in [0.4, 0.5) is 11.4 Å². The Bertz CT molecular complexity index is 607. The van der Waals surface area contributed by atoms with Gasteiger partial charge in [0.1, 0.15) is 0 Å². The molecule has 0 saturated heterocycles. The number of nitro benzene ring substituents is 1. The van der Waals surface area contributed by atoms with Crippen LogP contribution in [0.2, 0.25) is 0 Å². The number of anilines is 1. The fourth-order valence-corrected chi connectivity index (χ4v) is 2.99. The van der Waals surface area contributed by atoms with Crippen molar-refractivity contribution in [3.63, 3.8) is 0 Å². The standard InChI is InChI=1S/C14H16N2O2S/c1-9-6-7-19-14(9)11(3)15-13-5-4-12(16(17)18)8-10(13)2/h4-8,11,15H,1-3H3. The Morgan fingerprint density at radius 3 is 2.53 bits per heavy atom. The summed E-state index contributed by atoms with van der Waals surface area (Å²) < 4.78 is 0. The zero-order valence-electron chi connectivity index (χ0n) is 11.1. The van der Waals surface area contributed by atoms with Crippen LogP contribution in [0.5, 0.6) is 0 Å². The van der Waals surface area contributed by atoms with Crippen LogP contribution in [0.25, 0.3) is 0 Å². The summed E-state index contributed by atoms with van der Waals surface area (Å²) in [5.74, 6) is 0. The van der Waals surface area contributed by atoms with Crippen LogP contribution in [0, 0.1) is 24.0 Å². The van der Waals surface area contributed by atoms with Crippen molar-refractivity contribution in [1.29, 1.82) is 0 Å². The molecule has 0 spiro atoms. The second-order valence-corrected chi connectivity index (χ2v) is 5.54. The zero-order valence-corrected chi connectivity index (χ0v) is 12.0. The molecular formula is C14H16N2O2S. The normalized spacial score (nSPS) is 12.2. The van der Waals surface area contributed by atoms with E-state index in [9.17, 15) is 10.1 Å². The van der Waals surface area contributed by atoms with Crippen LogP contribution >= 0.6 is 11.3 Å². The number of nitrogens with zero attached hydrogens (tertiary/aromatic N) is 1. The minimum Gasteiger partial charge on any atom is -0.377 e. The third-order valence-corrected chi connectivity index (χ3v) is 4.29. The fraction of sp³-hybridized carbons (Fsp3) is 0.286. The highest BCUT2D eigenvalue weighted by Gasteiger charge is 2.13. The maximum Gasteiger partial charge on any atom is 0.269 e. The molecule has 0 aliphatic rings. The van der Waals surface area contributed by atoms with Crippen molar-refractivity contribution in [2.45, 2.75) is 26.8 Å². The van der Waals surface area contributed by atoms with Gasteiger partial charge in [0.15, 0.2) is 0 Å². The van der Waals surface area contributed by atoms with Gasteiger partial charge < -0.3 is 5.32 Å². The maximum absolute atomic E-state index is 10.7. The average Bonchev–Trinajstić information content (AvgIpc) is 2.77. The number of rotatable bonds is 4. The van der Waals surface area contributed by atoms with Gasteiger partial charge in [0.2, 0.25) is 0 Å². The van der Waals surface area contributed by atoms with Gasteiger partial charge in [-0.2, -0.15) is 0 Å². The molecule has 1 atom stereocenters. The molecule has 0 bridgehead atoms. The van der Waals surface area contributed by atoms with Crippen LogP contribution in [-0.4, -0.2) is 4.92 Å². The molecule has 2 rings (SSSR count). The Morgan fingerprint density at radius 1 is 1.26 bits per heavy atom. The Balaban J connectivity index is 2.20. The van der Waals surface area contributed by atoms with E-state index < -0.39 is 0 Å². The molecule has 0 fully saturated rings. The Morgan fingerprint density at radius 2 is 2.00 bits per heavy atom. The lowest BCUT2D eigenvalue weighted by Gasteiger charge is -2.16. The number of nitro groups is 1. The van der Waals surface area contributed by atoms with Gasteiger partial charge in [-0.05, 0) is 49.4 Å². The van der Waals surface area contributed by atoms with Gasteiger partial charge in [-0.15, -0.1) is 11.3 Å². The number of hydrogen-bond donors (Lipinski definition) is 1. The second kappa shape index (κ2) is 5.40. The quantitative estimate of drug-likeness (QED) is 0.663. The Labute approximate surface area is 116 Å². The number of benzene rings is 1. The van der Waals surface area contributed by atoms with Crippen LogP contribution in [-0.2, 0) is 0 Å². The third-order valence-electron chi connectivity index (χ3n) is 3.09. The minimum absolute atomic E-state index is 0.128. The summed E-state index contributed by atoms with van der Waals surface area (Å²) in [6.45, 7) is 6.07. The monoisotopic (exact) mass is 276 g/mol. The van der Waals surface area contributed by atoms with Gasteiger partial charge in [-0.1, -0.05) is 0 Å². The first kappa shape index (κ1) is 13.5. The highest BCUT2D eigenvalue weighted by molar-refractivity contribution is 7.10. The zero-order chi connectivity index (χ0) is 14.0. The highest BCUT2D eigenvalue weighted by atomic mass is 32.1. The summed E-state index contributed by atoms with van der Waals surface area (Å²) >= 11 is 1.72. The molecule has 0 saturated carbocycles. The van der Waals surface area contributed by atoms with Crippen molar-refractivity contribution in [3.8, 4) is 0 Å².